The predicted octanol–water partition coefficient (Wildman–Crippen LogP) is 7.38. The van der Waals surface area contributed by atoms with Gasteiger partial charge in [-0.15, -0.1) is 0 Å². The van der Waals surface area contributed by atoms with Crippen molar-refractivity contribution in [3.8, 4) is 11.5 Å². The number of carbonyl (C=O) groups excluding carboxylic acids is 2. The lowest BCUT2D eigenvalue weighted by Gasteiger charge is -2.25. The second-order valence-electron chi connectivity index (χ2n) is 10.7. The molecule has 0 fully saturated rings. The van der Waals surface area contributed by atoms with Crippen LogP contribution in [0.2, 0.25) is 0 Å². The van der Waals surface area contributed by atoms with Crippen molar-refractivity contribution in [2.45, 2.75) is 129 Å². The molecule has 6 heteroatoms. The Morgan fingerprint density at radius 2 is 1.25 bits per heavy atom. The molecule has 0 saturated carbocycles. The molecular weight excluding hydrogens is 454 g/mol. The van der Waals surface area contributed by atoms with Crippen molar-refractivity contribution < 1.29 is 23.8 Å². The van der Waals surface area contributed by atoms with Crippen LogP contribution < -0.4 is 14.8 Å². The summed E-state index contributed by atoms with van der Waals surface area (Å²) in [6.07, 6.45) is 15.6. The molecule has 1 amide bonds. The van der Waals surface area contributed by atoms with E-state index in [2.05, 4.69) is 12.2 Å². The monoisotopic (exact) mass is 505 g/mol. The molecule has 6 nitrogen and oxygen atoms in total. The summed E-state index contributed by atoms with van der Waals surface area (Å²) in [6, 6.07) is 7.07. The first-order valence-corrected chi connectivity index (χ1v) is 14.0. The van der Waals surface area contributed by atoms with Crippen molar-refractivity contribution in [1.29, 1.82) is 0 Å². The van der Waals surface area contributed by atoms with Gasteiger partial charge in [0.2, 0.25) is 6.10 Å². The first-order chi connectivity index (χ1) is 17.2. The lowest BCUT2D eigenvalue weighted by molar-refractivity contribution is -0.158. The molecule has 0 radical (unpaired) electrons. The number of methoxy groups -OCH3 is 1. The van der Waals surface area contributed by atoms with E-state index in [1.165, 1.54) is 64.2 Å². The van der Waals surface area contributed by atoms with Crippen LogP contribution in [0.1, 0.15) is 118 Å². The van der Waals surface area contributed by atoms with Gasteiger partial charge in [0, 0.05) is 12.0 Å². The van der Waals surface area contributed by atoms with Crippen LogP contribution in [-0.2, 0) is 14.3 Å². The van der Waals surface area contributed by atoms with Crippen LogP contribution in [0.5, 0.6) is 11.5 Å². The summed E-state index contributed by atoms with van der Waals surface area (Å²) in [7, 11) is 1.60. The molecule has 0 aliphatic carbocycles. The number of benzene rings is 1. The highest BCUT2D eigenvalue weighted by molar-refractivity contribution is 5.84. The molecule has 0 heterocycles. The van der Waals surface area contributed by atoms with E-state index in [0.29, 0.717) is 17.9 Å². The van der Waals surface area contributed by atoms with Gasteiger partial charge in [0.05, 0.1) is 7.11 Å². The van der Waals surface area contributed by atoms with Crippen molar-refractivity contribution in [1.82, 2.24) is 5.32 Å². The fourth-order valence-electron chi connectivity index (χ4n) is 3.96. The topological polar surface area (TPSA) is 73.9 Å². The van der Waals surface area contributed by atoms with Crippen LogP contribution in [0.25, 0.3) is 0 Å². The minimum Gasteiger partial charge on any atom is -0.497 e. The average molecular weight is 506 g/mol. The molecule has 36 heavy (non-hydrogen) atoms. The Morgan fingerprint density at radius 1 is 0.778 bits per heavy atom. The van der Waals surface area contributed by atoms with Crippen LogP contribution >= 0.6 is 0 Å². The van der Waals surface area contributed by atoms with Gasteiger partial charge in [-0.3, -0.25) is 9.59 Å². The zero-order valence-corrected chi connectivity index (χ0v) is 23.5. The number of carbonyl (C=O) groups is 2. The Kier molecular flexibility index (Phi) is 16.7. The third kappa shape index (κ3) is 16.4. The molecule has 0 aliphatic rings. The quantitative estimate of drug-likeness (QED) is 0.148. The maximum Gasteiger partial charge on any atom is 0.306 e. The minimum atomic E-state index is -0.999. The molecule has 1 aromatic carbocycles. The second kappa shape index (κ2) is 18.9. The van der Waals surface area contributed by atoms with Crippen LogP contribution in [0.15, 0.2) is 24.3 Å². The number of amides is 1. The molecule has 0 aliphatic heterocycles. The lowest BCUT2D eigenvalue weighted by atomic mass is 10.0. The summed E-state index contributed by atoms with van der Waals surface area (Å²) in [5, 5.41) is 2.88. The van der Waals surface area contributed by atoms with Crippen molar-refractivity contribution >= 4 is 11.9 Å². The van der Waals surface area contributed by atoms with Crippen molar-refractivity contribution in [2.24, 2.45) is 0 Å². The second-order valence-corrected chi connectivity index (χ2v) is 10.7. The van der Waals surface area contributed by atoms with E-state index in [1.807, 2.05) is 20.8 Å². The molecule has 1 unspecified atom stereocenters. The van der Waals surface area contributed by atoms with E-state index < -0.39 is 11.6 Å². The summed E-state index contributed by atoms with van der Waals surface area (Å²) in [5.41, 5.74) is -0.434. The van der Waals surface area contributed by atoms with Crippen LogP contribution in [0.3, 0.4) is 0 Å². The third-order valence-electron chi connectivity index (χ3n) is 6.01. The molecule has 1 N–H and O–H groups in total. The Bertz CT molecular complexity index is 711. The first-order valence-electron chi connectivity index (χ1n) is 14.0. The van der Waals surface area contributed by atoms with Crippen molar-refractivity contribution in [2.75, 3.05) is 13.7 Å². The highest BCUT2D eigenvalue weighted by Gasteiger charge is 2.27. The summed E-state index contributed by atoms with van der Waals surface area (Å²) in [6.45, 7) is 7.89. The SMILES string of the molecule is CCCCCCCCCCCCCCCC(=O)OC(COc1ccc(OC)cc1)C(=O)NC(C)(C)C. The molecule has 0 saturated heterocycles. The molecule has 1 rings (SSSR count). The lowest BCUT2D eigenvalue weighted by Crippen LogP contribution is -2.49. The fraction of sp³-hybridized carbons (Fsp3) is 0.733. The number of nitrogens with one attached hydrogen (secondary N) is 1. The van der Waals surface area contributed by atoms with E-state index in [-0.39, 0.29) is 18.5 Å². The van der Waals surface area contributed by atoms with E-state index in [1.54, 1.807) is 31.4 Å². The van der Waals surface area contributed by atoms with E-state index >= 15 is 0 Å². The number of hydrogen-bond donors (Lipinski definition) is 1. The first kappa shape index (κ1) is 31.8. The highest BCUT2D eigenvalue weighted by Crippen LogP contribution is 2.18. The Balaban J connectivity index is 2.28. The van der Waals surface area contributed by atoms with Crippen LogP contribution in [0.4, 0.5) is 0 Å². The summed E-state index contributed by atoms with van der Waals surface area (Å²) < 4.78 is 16.4. The zero-order chi connectivity index (χ0) is 26.7. The van der Waals surface area contributed by atoms with Gasteiger partial charge in [-0.2, -0.15) is 0 Å². The van der Waals surface area contributed by atoms with Gasteiger partial charge < -0.3 is 19.5 Å². The van der Waals surface area contributed by atoms with Crippen molar-refractivity contribution in [3.63, 3.8) is 0 Å². The van der Waals surface area contributed by atoms with Crippen LogP contribution in [-0.4, -0.2) is 37.2 Å². The number of hydrogen-bond acceptors (Lipinski definition) is 5. The number of esters is 1. The van der Waals surface area contributed by atoms with Gasteiger partial charge in [-0.25, -0.2) is 0 Å². The van der Waals surface area contributed by atoms with Gasteiger partial charge in [0.15, 0.2) is 0 Å². The smallest absolute Gasteiger partial charge is 0.306 e. The number of unbranched alkanes of at least 4 members (excludes halogenated alkanes) is 12. The predicted molar refractivity (Wildman–Crippen MR) is 147 cm³/mol. The fourth-order valence-corrected chi connectivity index (χ4v) is 3.96. The normalized spacial score (nSPS) is 12.1. The van der Waals surface area contributed by atoms with Gasteiger partial charge in [-0.1, -0.05) is 84.0 Å². The summed E-state index contributed by atoms with van der Waals surface area (Å²) in [5.74, 6) is 0.589. The van der Waals surface area contributed by atoms with Gasteiger partial charge >= 0.3 is 5.97 Å². The Labute approximate surface area is 219 Å². The molecule has 0 aromatic heterocycles. The molecular formula is C30H51NO5. The van der Waals surface area contributed by atoms with Gasteiger partial charge in [0.25, 0.3) is 5.91 Å². The van der Waals surface area contributed by atoms with Gasteiger partial charge in [0.1, 0.15) is 18.1 Å². The molecule has 0 spiro atoms. The Hall–Kier alpha value is -2.24. The Morgan fingerprint density at radius 3 is 1.72 bits per heavy atom. The molecule has 1 atom stereocenters. The summed E-state index contributed by atoms with van der Waals surface area (Å²) in [4.78, 5) is 25.2. The number of ether oxygens (including phenoxy) is 3. The highest BCUT2D eigenvalue weighted by atomic mass is 16.6. The largest absolute Gasteiger partial charge is 0.497 e. The maximum atomic E-state index is 12.7. The maximum absolute atomic E-state index is 12.7. The van der Waals surface area contributed by atoms with E-state index in [0.717, 1.165) is 19.3 Å². The molecule has 1 aromatic rings. The van der Waals surface area contributed by atoms with E-state index in [9.17, 15) is 9.59 Å². The number of rotatable bonds is 20. The average Bonchev–Trinajstić information content (AvgIpc) is 2.83. The van der Waals surface area contributed by atoms with Crippen molar-refractivity contribution in [3.05, 3.63) is 24.3 Å². The standard InChI is InChI=1S/C30H51NO5/c1-6-7-8-9-10-11-12-13-14-15-16-17-18-19-28(32)36-27(29(33)31-30(2,3)4)24-35-26-22-20-25(34-5)21-23-26/h20-23,27H,6-19,24H2,1-5H3,(H,31,33). The molecule has 0 bridgehead atoms. The summed E-state index contributed by atoms with van der Waals surface area (Å²) >= 11 is 0. The molecule has 206 valence electrons. The minimum absolute atomic E-state index is 0.0431. The third-order valence-corrected chi connectivity index (χ3v) is 6.01. The zero-order valence-electron chi connectivity index (χ0n) is 23.5. The van der Waals surface area contributed by atoms with Crippen LogP contribution in [0, 0.1) is 0 Å². The van der Waals surface area contributed by atoms with E-state index in [4.69, 9.17) is 14.2 Å². The van der Waals surface area contributed by atoms with Gasteiger partial charge in [-0.05, 0) is 51.5 Å².